The molecule has 0 aliphatic carbocycles. The van der Waals surface area contributed by atoms with E-state index in [-0.39, 0.29) is 6.04 Å². The number of halogens is 1. The van der Waals surface area contributed by atoms with Crippen molar-refractivity contribution in [2.45, 2.75) is 19.9 Å². The third kappa shape index (κ3) is 5.48. The minimum Gasteiger partial charge on any atom is -0.296 e. The fraction of sp³-hybridized carbons (Fsp3) is 0.538. The second-order valence-electron chi connectivity index (χ2n) is 4.41. The summed E-state index contributed by atoms with van der Waals surface area (Å²) in [6.07, 6.45) is 1.17. The van der Waals surface area contributed by atoms with Gasteiger partial charge in [0.05, 0.1) is 6.26 Å². The average molecular weight is 305 g/mol. The molecule has 108 valence electrons. The molecule has 1 aromatic rings. The van der Waals surface area contributed by atoms with Crippen molar-refractivity contribution in [3.05, 3.63) is 34.9 Å². The van der Waals surface area contributed by atoms with E-state index in [9.17, 15) is 8.42 Å². The molecule has 0 saturated heterocycles. The summed E-state index contributed by atoms with van der Waals surface area (Å²) >= 11 is 5.89. The highest BCUT2D eigenvalue weighted by Gasteiger charge is 2.19. The Morgan fingerprint density at radius 2 is 1.74 bits per heavy atom. The summed E-state index contributed by atoms with van der Waals surface area (Å²) in [5, 5.41) is 0.679. The lowest BCUT2D eigenvalue weighted by molar-refractivity contribution is 0.220. The molecule has 1 aromatic carbocycles. The largest absolute Gasteiger partial charge is 0.296 e. The van der Waals surface area contributed by atoms with E-state index in [1.54, 1.807) is 0 Å². The molecule has 0 heterocycles. The summed E-state index contributed by atoms with van der Waals surface area (Å²) in [6.45, 7) is 6.20. The number of sulfonamides is 1. The van der Waals surface area contributed by atoms with Gasteiger partial charge in [0.2, 0.25) is 10.0 Å². The van der Waals surface area contributed by atoms with E-state index in [0.29, 0.717) is 11.6 Å². The van der Waals surface area contributed by atoms with Crippen LogP contribution < -0.4 is 4.72 Å². The molecule has 1 atom stereocenters. The molecule has 0 spiro atoms. The van der Waals surface area contributed by atoms with Gasteiger partial charge in [0, 0.05) is 17.6 Å². The lowest BCUT2D eigenvalue weighted by atomic mass is 10.1. The molecular formula is C13H21ClN2O2S. The van der Waals surface area contributed by atoms with Gasteiger partial charge in [0.1, 0.15) is 0 Å². The molecule has 1 rings (SSSR count). The maximum Gasteiger partial charge on any atom is 0.208 e. The van der Waals surface area contributed by atoms with Crippen molar-refractivity contribution >= 4 is 21.6 Å². The Kier molecular flexibility index (Phi) is 6.26. The Labute approximate surface area is 120 Å². The van der Waals surface area contributed by atoms with Gasteiger partial charge in [0.25, 0.3) is 0 Å². The zero-order valence-electron chi connectivity index (χ0n) is 11.6. The highest BCUT2D eigenvalue weighted by atomic mass is 35.5. The van der Waals surface area contributed by atoms with Crippen LogP contribution in [-0.4, -0.2) is 39.2 Å². The standard InChI is InChI=1S/C13H21ClN2O2S/c1-4-16(5-2)13(10-15-19(3,17)18)11-6-8-12(14)9-7-11/h6-9,13,15H,4-5,10H2,1-3H3. The molecule has 4 nitrogen and oxygen atoms in total. The number of nitrogens with zero attached hydrogens (tertiary/aromatic N) is 1. The van der Waals surface area contributed by atoms with Gasteiger partial charge in [-0.3, -0.25) is 4.90 Å². The topological polar surface area (TPSA) is 49.4 Å². The Bertz CT molecular complexity index is 484. The monoisotopic (exact) mass is 304 g/mol. The molecule has 1 unspecified atom stereocenters. The molecular weight excluding hydrogens is 284 g/mol. The van der Waals surface area contributed by atoms with E-state index in [2.05, 4.69) is 23.5 Å². The SMILES string of the molecule is CCN(CC)C(CNS(C)(=O)=O)c1ccc(Cl)cc1. The average Bonchev–Trinajstić information content (AvgIpc) is 2.35. The summed E-state index contributed by atoms with van der Waals surface area (Å²) in [7, 11) is -3.19. The van der Waals surface area contributed by atoms with Crippen molar-refractivity contribution in [2.24, 2.45) is 0 Å². The highest BCUT2D eigenvalue weighted by Crippen LogP contribution is 2.21. The third-order valence-corrected chi connectivity index (χ3v) is 3.99. The fourth-order valence-corrected chi connectivity index (χ4v) is 2.62. The molecule has 0 fully saturated rings. The van der Waals surface area contributed by atoms with Crippen LogP contribution in [0.3, 0.4) is 0 Å². The normalized spacial score (nSPS) is 13.7. The predicted molar refractivity (Wildman–Crippen MR) is 80.0 cm³/mol. The lowest BCUT2D eigenvalue weighted by Gasteiger charge is -2.30. The quantitative estimate of drug-likeness (QED) is 0.841. The molecule has 0 bridgehead atoms. The number of benzene rings is 1. The van der Waals surface area contributed by atoms with E-state index < -0.39 is 10.0 Å². The van der Waals surface area contributed by atoms with Crippen LogP contribution in [0, 0.1) is 0 Å². The summed E-state index contributed by atoms with van der Waals surface area (Å²) in [6, 6.07) is 7.55. The number of likely N-dealkylation sites (N-methyl/N-ethyl adjacent to an activating group) is 1. The van der Waals surface area contributed by atoms with Crippen LogP contribution in [-0.2, 0) is 10.0 Å². The smallest absolute Gasteiger partial charge is 0.208 e. The minimum absolute atomic E-state index is 0.0157. The van der Waals surface area contributed by atoms with Gasteiger partial charge in [-0.15, -0.1) is 0 Å². The summed E-state index contributed by atoms with van der Waals surface area (Å²) < 4.78 is 25.1. The maximum atomic E-state index is 11.3. The number of nitrogens with one attached hydrogen (secondary N) is 1. The Morgan fingerprint density at radius 1 is 1.21 bits per heavy atom. The van der Waals surface area contributed by atoms with E-state index >= 15 is 0 Å². The summed E-state index contributed by atoms with van der Waals surface area (Å²) in [5.74, 6) is 0. The van der Waals surface area contributed by atoms with Gasteiger partial charge in [-0.1, -0.05) is 37.6 Å². The van der Waals surface area contributed by atoms with Gasteiger partial charge in [-0.25, -0.2) is 13.1 Å². The first kappa shape index (κ1) is 16.4. The van der Waals surface area contributed by atoms with Crippen molar-refractivity contribution in [2.75, 3.05) is 25.9 Å². The van der Waals surface area contributed by atoms with Crippen LogP contribution >= 0.6 is 11.6 Å². The van der Waals surface area contributed by atoms with Crippen molar-refractivity contribution in [3.8, 4) is 0 Å². The van der Waals surface area contributed by atoms with Gasteiger partial charge >= 0.3 is 0 Å². The number of hydrogen-bond donors (Lipinski definition) is 1. The van der Waals surface area contributed by atoms with Crippen LogP contribution in [0.4, 0.5) is 0 Å². The van der Waals surface area contributed by atoms with Gasteiger partial charge in [-0.05, 0) is 30.8 Å². The maximum absolute atomic E-state index is 11.3. The molecule has 0 amide bonds. The van der Waals surface area contributed by atoms with Crippen molar-refractivity contribution < 1.29 is 8.42 Å². The van der Waals surface area contributed by atoms with E-state index in [1.165, 1.54) is 6.26 Å². The van der Waals surface area contributed by atoms with E-state index in [1.807, 2.05) is 24.3 Å². The molecule has 0 aliphatic heterocycles. The van der Waals surface area contributed by atoms with Gasteiger partial charge < -0.3 is 0 Å². The van der Waals surface area contributed by atoms with Crippen LogP contribution in [0.15, 0.2) is 24.3 Å². The Balaban J connectivity index is 2.94. The van der Waals surface area contributed by atoms with Crippen LogP contribution in [0.25, 0.3) is 0 Å². The van der Waals surface area contributed by atoms with Gasteiger partial charge in [0.15, 0.2) is 0 Å². The zero-order chi connectivity index (χ0) is 14.5. The second-order valence-corrected chi connectivity index (χ2v) is 6.68. The van der Waals surface area contributed by atoms with E-state index in [4.69, 9.17) is 11.6 Å². The number of hydrogen-bond acceptors (Lipinski definition) is 3. The summed E-state index contributed by atoms with van der Waals surface area (Å²) in [5.41, 5.74) is 1.06. The number of rotatable bonds is 7. The third-order valence-electron chi connectivity index (χ3n) is 3.05. The zero-order valence-corrected chi connectivity index (χ0v) is 13.1. The van der Waals surface area contributed by atoms with Crippen molar-refractivity contribution in [3.63, 3.8) is 0 Å². The van der Waals surface area contributed by atoms with Gasteiger partial charge in [-0.2, -0.15) is 0 Å². The van der Waals surface area contributed by atoms with Crippen molar-refractivity contribution in [1.82, 2.24) is 9.62 Å². The molecule has 0 saturated carbocycles. The summed E-state index contributed by atoms with van der Waals surface area (Å²) in [4.78, 5) is 2.21. The van der Waals surface area contributed by atoms with E-state index in [0.717, 1.165) is 18.7 Å². The van der Waals surface area contributed by atoms with Crippen LogP contribution in [0.5, 0.6) is 0 Å². The highest BCUT2D eigenvalue weighted by molar-refractivity contribution is 7.88. The first-order chi connectivity index (χ1) is 8.87. The Hall–Kier alpha value is -0.620. The minimum atomic E-state index is -3.19. The molecule has 1 N–H and O–H groups in total. The second kappa shape index (κ2) is 7.24. The molecule has 0 aromatic heterocycles. The molecule has 6 heteroatoms. The molecule has 19 heavy (non-hydrogen) atoms. The van der Waals surface area contributed by atoms with Crippen LogP contribution in [0.1, 0.15) is 25.5 Å². The fourth-order valence-electron chi connectivity index (χ4n) is 2.04. The lowest BCUT2D eigenvalue weighted by Crippen LogP contribution is -2.37. The first-order valence-electron chi connectivity index (χ1n) is 6.31. The van der Waals surface area contributed by atoms with Crippen molar-refractivity contribution in [1.29, 1.82) is 0 Å². The first-order valence-corrected chi connectivity index (χ1v) is 8.58. The van der Waals surface area contributed by atoms with Crippen LogP contribution in [0.2, 0.25) is 5.02 Å². The molecule has 0 radical (unpaired) electrons. The Morgan fingerprint density at radius 3 is 2.16 bits per heavy atom. The predicted octanol–water partition coefficient (Wildman–Crippen LogP) is 2.27. The molecule has 0 aliphatic rings.